The van der Waals surface area contributed by atoms with Crippen LogP contribution in [0.25, 0.3) is 0 Å². The second kappa shape index (κ2) is 6.71. The van der Waals surface area contributed by atoms with Crippen LogP contribution < -0.4 is 0 Å². The van der Waals surface area contributed by atoms with Crippen LogP contribution in [0.1, 0.15) is 44.2 Å². The number of carbonyl (C=O) groups is 1. The molecule has 1 aromatic carbocycles. The van der Waals surface area contributed by atoms with Crippen LogP contribution in [0, 0.1) is 0 Å². The van der Waals surface area contributed by atoms with E-state index in [2.05, 4.69) is 30.6 Å². The smallest absolute Gasteiger partial charge is 0.237 e. The van der Waals surface area contributed by atoms with E-state index in [1.54, 1.807) is 0 Å². The Hall–Kier alpha value is -1.61. The maximum absolute atomic E-state index is 12.3. The third-order valence-electron chi connectivity index (χ3n) is 4.15. The van der Waals surface area contributed by atoms with Gasteiger partial charge in [0.2, 0.25) is 5.91 Å². The number of benzene rings is 1. The van der Waals surface area contributed by atoms with Gasteiger partial charge in [-0.2, -0.15) is 0 Å². The average Bonchev–Trinajstić information content (AvgIpc) is 2.47. The minimum atomic E-state index is 0.186. The summed E-state index contributed by atoms with van der Waals surface area (Å²) in [7, 11) is 2.01. The first-order valence-electron chi connectivity index (χ1n) is 7.35. The van der Waals surface area contributed by atoms with Crippen LogP contribution in [0.4, 0.5) is 0 Å². The van der Waals surface area contributed by atoms with Crippen molar-refractivity contribution in [1.82, 2.24) is 10.0 Å². The van der Waals surface area contributed by atoms with Crippen molar-refractivity contribution in [3.05, 3.63) is 48.6 Å². The number of rotatable bonds is 5. The summed E-state index contributed by atoms with van der Waals surface area (Å²) in [6, 6.07) is 10.8. The molecule has 20 heavy (non-hydrogen) atoms. The number of hydrazine groups is 1. The number of carbonyl (C=O) groups excluding carboxylic acids is 1. The van der Waals surface area contributed by atoms with Gasteiger partial charge in [0.05, 0.1) is 12.1 Å². The summed E-state index contributed by atoms with van der Waals surface area (Å²) in [5, 5.41) is 4.04. The van der Waals surface area contributed by atoms with E-state index in [0.717, 1.165) is 19.3 Å². The molecule has 1 aliphatic heterocycles. The lowest BCUT2D eigenvalue weighted by molar-refractivity contribution is -0.162. The van der Waals surface area contributed by atoms with Crippen molar-refractivity contribution in [3.63, 3.8) is 0 Å². The van der Waals surface area contributed by atoms with Gasteiger partial charge >= 0.3 is 0 Å². The van der Waals surface area contributed by atoms with Gasteiger partial charge in [0.1, 0.15) is 0 Å². The lowest BCUT2D eigenvalue weighted by Gasteiger charge is -2.43. The van der Waals surface area contributed by atoms with Crippen LogP contribution in [0.3, 0.4) is 0 Å². The Morgan fingerprint density at radius 2 is 2.15 bits per heavy atom. The summed E-state index contributed by atoms with van der Waals surface area (Å²) in [5.74, 6) is 0.230. The van der Waals surface area contributed by atoms with E-state index in [1.165, 1.54) is 5.56 Å². The third kappa shape index (κ3) is 3.10. The number of piperidine rings is 1. The summed E-state index contributed by atoms with van der Waals surface area (Å²) in [5.41, 5.74) is 1.23. The van der Waals surface area contributed by atoms with Crippen LogP contribution in [0.15, 0.2) is 43.0 Å². The van der Waals surface area contributed by atoms with Gasteiger partial charge in [0.15, 0.2) is 0 Å². The standard InChI is InChI=1S/C17H24N2O/c1-4-9-16-12-8-13-17(20)19(16)18(3)14(2)15-10-6-5-7-11-15/h4-7,10-11,14,16H,1,8-9,12-13H2,2-3H3/t14-,16+/m0/s1. The minimum absolute atomic E-state index is 0.186. The number of nitrogens with zero attached hydrogens (tertiary/aromatic N) is 2. The maximum Gasteiger partial charge on any atom is 0.237 e. The molecule has 2 rings (SSSR count). The van der Waals surface area contributed by atoms with Crippen molar-refractivity contribution in [2.24, 2.45) is 0 Å². The monoisotopic (exact) mass is 272 g/mol. The normalized spacial score (nSPS) is 21.1. The molecule has 2 atom stereocenters. The molecule has 3 nitrogen and oxygen atoms in total. The predicted octanol–water partition coefficient (Wildman–Crippen LogP) is 3.55. The van der Waals surface area contributed by atoms with Gasteiger partial charge in [-0.3, -0.25) is 9.80 Å². The fourth-order valence-electron chi connectivity index (χ4n) is 2.91. The van der Waals surface area contributed by atoms with Gasteiger partial charge in [-0.05, 0) is 31.7 Å². The summed E-state index contributed by atoms with van der Waals surface area (Å²) >= 11 is 0. The van der Waals surface area contributed by atoms with Crippen LogP contribution in [0.5, 0.6) is 0 Å². The van der Waals surface area contributed by atoms with E-state index < -0.39 is 0 Å². The number of amides is 1. The van der Waals surface area contributed by atoms with Crippen LogP contribution in [-0.2, 0) is 4.79 Å². The Bertz CT molecular complexity index is 457. The molecule has 1 amide bonds. The lowest BCUT2D eigenvalue weighted by Crippen LogP contribution is -2.53. The summed E-state index contributed by atoms with van der Waals surface area (Å²) < 4.78 is 0. The average molecular weight is 272 g/mol. The molecule has 0 radical (unpaired) electrons. The Balaban J connectivity index is 2.17. The molecule has 0 bridgehead atoms. The van der Waals surface area contributed by atoms with Crippen molar-refractivity contribution in [2.75, 3.05) is 7.05 Å². The van der Waals surface area contributed by atoms with Crippen molar-refractivity contribution < 1.29 is 4.79 Å². The molecule has 1 heterocycles. The van der Waals surface area contributed by atoms with E-state index in [-0.39, 0.29) is 18.0 Å². The molecule has 0 saturated carbocycles. The zero-order valence-corrected chi connectivity index (χ0v) is 12.5. The molecule has 0 spiro atoms. The molecule has 3 heteroatoms. The zero-order chi connectivity index (χ0) is 14.5. The summed E-state index contributed by atoms with van der Waals surface area (Å²) in [6.45, 7) is 5.96. The van der Waals surface area contributed by atoms with Gasteiger partial charge in [0, 0.05) is 13.5 Å². The largest absolute Gasteiger partial charge is 0.273 e. The van der Waals surface area contributed by atoms with Gasteiger partial charge in [-0.1, -0.05) is 36.4 Å². The highest BCUT2D eigenvalue weighted by atomic mass is 16.2. The fourth-order valence-corrected chi connectivity index (χ4v) is 2.91. The fraction of sp³-hybridized carbons (Fsp3) is 0.471. The zero-order valence-electron chi connectivity index (χ0n) is 12.5. The predicted molar refractivity (Wildman–Crippen MR) is 81.9 cm³/mol. The van der Waals surface area contributed by atoms with Crippen molar-refractivity contribution >= 4 is 5.91 Å². The van der Waals surface area contributed by atoms with E-state index in [1.807, 2.05) is 36.3 Å². The minimum Gasteiger partial charge on any atom is -0.273 e. The molecule has 0 N–H and O–H groups in total. The van der Waals surface area contributed by atoms with Crippen LogP contribution in [-0.4, -0.2) is 29.0 Å². The van der Waals surface area contributed by atoms with Crippen LogP contribution >= 0.6 is 0 Å². The van der Waals surface area contributed by atoms with Gasteiger partial charge < -0.3 is 0 Å². The topological polar surface area (TPSA) is 23.6 Å². The van der Waals surface area contributed by atoms with Gasteiger partial charge in [-0.15, -0.1) is 6.58 Å². The molecular formula is C17H24N2O. The molecular weight excluding hydrogens is 248 g/mol. The molecule has 0 unspecified atom stereocenters. The second-order valence-corrected chi connectivity index (χ2v) is 5.47. The number of hydrogen-bond acceptors (Lipinski definition) is 2. The molecule has 108 valence electrons. The summed E-state index contributed by atoms with van der Waals surface area (Å²) in [4.78, 5) is 12.3. The van der Waals surface area contributed by atoms with Crippen molar-refractivity contribution in [1.29, 1.82) is 0 Å². The van der Waals surface area contributed by atoms with E-state index in [4.69, 9.17) is 0 Å². The second-order valence-electron chi connectivity index (χ2n) is 5.47. The molecule has 1 aromatic rings. The highest BCUT2D eigenvalue weighted by Crippen LogP contribution is 2.28. The molecule has 1 saturated heterocycles. The Kier molecular flexibility index (Phi) is 4.96. The molecule has 0 aliphatic carbocycles. The highest BCUT2D eigenvalue weighted by Gasteiger charge is 2.32. The quantitative estimate of drug-likeness (QED) is 0.765. The van der Waals surface area contributed by atoms with E-state index >= 15 is 0 Å². The Labute approximate surface area is 121 Å². The summed E-state index contributed by atoms with van der Waals surface area (Å²) in [6.07, 6.45) is 5.47. The van der Waals surface area contributed by atoms with Gasteiger partial charge in [0.25, 0.3) is 0 Å². The van der Waals surface area contributed by atoms with Crippen LogP contribution in [0.2, 0.25) is 0 Å². The first-order valence-corrected chi connectivity index (χ1v) is 7.35. The number of hydrogen-bond donors (Lipinski definition) is 0. The maximum atomic E-state index is 12.3. The Morgan fingerprint density at radius 3 is 2.80 bits per heavy atom. The van der Waals surface area contributed by atoms with E-state index in [9.17, 15) is 4.79 Å². The lowest BCUT2D eigenvalue weighted by atomic mass is 10.00. The Morgan fingerprint density at radius 1 is 1.45 bits per heavy atom. The van der Waals surface area contributed by atoms with E-state index in [0.29, 0.717) is 6.42 Å². The highest BCUT2D eigenvalue weighted by molar-refractivity contribution is 5.76. The van der Waals surface area contributed by atoms with Gasteiger partial charge in [-0.25, -0.2) is 5.01 Å². The molecule has 1 aliphatic rings. The first kappa shape index (κ1) is 14.8. The van der Waals surface area contributed by atoms with Crippen molar-refractivity contribution in [3.8, 4) is 0 Å². The first-order chi connectivity index (χ1) is 9.65. The third-order valence-corrected chi connectivity index (χ3v) is 4.15. The van der Waals surface area contributed by atoms with Crippen molar-refractivity contribution in [2.45, 2.75) is 44.7 Å². The SMILES string of the molecule is C=CC[C@@H]1CCCC(=O)N1N(C)[C@@H](C)c1ccccc1. The molecule has 0 aromatic heterocycles. The molecule has 1 fully saturated rings.